The normalized spacial score (nSPS) is 12.9. The van der Waals surface area contributed by atoms with Crippen molar-refractivity contribution >= 4 is 23.4 Å². The number of halogens is 1. The Morgan fingerprint density at radius 1 is 1.57 bits per heavy atom. The van der Waals surface area contributed by atoms with Crippen LogP contribution in [0.5, 0.6) is 0 Å². The minimum Gasteiger partial charge on any atom is -0.391 e. The number of aliphatic hydroxyl groups is 1. The van der Waals surface area contributed by atoms with E-state index in [4.69, 9.17) is 16.7 Å². The Morgan fingerprint density at radius 2 is 2.29 bits per heavy atom. The van der Waals surface area contributed by atoms with Gasteiger partial charge in [-0.3, -0.25) is 0 Å². The zero-order chi connectivity index (χ0) is 10.6. The molecule has 0 saturated carbocycles. The maximum Gasteiger partial charge on any atom is 0.139 e. The van der Waals surface area contributed by atoms with Crippen molar-refractivity contribution < 1.29 is 5.11 Å². The van der Waals surface area contributed by atoms with Crippen LogP contribution in [0.4, 0.5) is 0 Å². The minimum atomic E-state index is -0.113. The van der Waals surface area contributed by atoms with Gasteiger partial charge >= 0.3 is 0 Å². The highest BCUT2D eigenvalue weighted by Crippen LogP contribution is 2.28. The number of aromatic nitrogens is 2. The van der Waals surface area contributed by atoms with Gasteiger partial charge in [-0.15, -0.1) is 11.8 Å². The van der Waals surface area contributed by atoms with Crippen molar-refractivity contribution in [1.29, 1.82) is 0 Å². The summed E-state index contributed by atoms with van der Waals surface area (Å²) in [6.07, 6.45) is 2.48. The molecular formula is C9H13ClN2OS. The molecule has 0 fully saturated rings. The lowest BCUT2D eigenvalue weighted by molar-refractivity contribution is 0.277. The molecule has 0 saturated heterocycles. The molecule has 0 bridgehead atoms. The molecule has 1 N–H and O–H groups in total. The third-order valence-electron chi connectivity index (χ3n) is 1.90. The zero-order valence-electron chi connectivity index (χ0n) is 8.20. The fourth-order valence-electron chi connectivity index (χ4n) is 0.884. The van der Waals surface area contributed by atoms with Gasteiger partial charge in [-0.25, -0.2) is 9.97 Å². The van der Waals surface area contributed by atoms with Crippen molar-refractivity contribution in [3.63, 3.8) is 0 Å². The Hall–Kier alpha value is -0.320. The molecule has 0 amide bonds. The second kappa shape index (κ2) is 5.53. The van der Waals surface area contributed by atoms with Crippen LogP contribution in [0.15, 0.2) is 11.4 Å². The van der Waals surface area contributed by atoms with Crippen LogP contribution in [0.25, 0.3) is 0 Å². The fourth-order valence-corrected chi connectivity index (χ4v) is 2.09. The van der Waals surface area contributed by atoms with Crippen LogP contribution in [0, 0.1) is 0 Å². The lowest BCUT2D eigenvalue weighted by Gasteiger charge is -2.10. The standard InChI is InChI=1S/C9H13ClN2OS/c1-3-6(2)14-9-7(4-13)8(10)11-5-12-9/h5-6,13H,3-4H2,1-2H3. The first-order valence-corrected chi connectivity index (χ1v) is 5.71. The summed E-state index contributed by atoms with van der Waals surface area (Å²) in [4.78, 5) is 7.93. The topological polar surface area (TPSA) is 46.0 Å². The van der Waals surface area contributed by atoms with Crippen LogP contribution >= 0.6 is 23.4 Å². The maximum absolute atomic E-state index is 9.11. The second-order valence-electron chi connectivity index (χ2n) is 2.94. The molecule has 0 spiro atoms. The van der Waals surface area contributed by atoms with Gasteiger partial charge in [0.1, 0.15) is 16.5 Å². The van der Waals surface area contributed by atoms with Crippen molar-refractivity contribution in [2.24, 2.45) is 0 Å². The summed E-state index contributed by atoms with van der Waals surface area (Å²) in [6, 6.07) is 0. The highest BCUT2D eigenvalue weighted by molar-refractivity contribution is 7.99. The monoisotopic (exact) mass is 232 g/mol. The SMILES string of the molecule is CCC(C)Sc1ncnc(Cl)c1CO. The number of aliphatic hydroxyl groups excluding tert-OH is 1. The Labute approximate surface area is 92.9 Å². The summed E-state index contributed by atoms with van der Waals surface area (Å²) in [5.74, 6) is 0. The quantitative estimate of drug-likeness (QED) is 0.640. The van der Waals surface area contributed by atoms with Gasteiger partial charge in [0.05, 0.1) is 6.61 Å². The molecule has 0 aliphatic rings. The van der Waals surface area contributed by atoms with Gasteiger partial charge in [0.15, 0.2) is 0 Å². The average molecular weight is 233 g/mol. The van der Waals surface area contributed by atoms with Crippen LogP contribution in [-0.4, -0.2) is 20.3 Å². The van der Waals surface area contributed by atoms with E-state index < -0.39 is 0 Å². The Bertz CT molecular complexity index is 309. The van der Waals surface area contributed by atoms with Crippen LogP contribution < -0.4 is 0 Å². The molecule has 3 nitrogen and oxygen atoms in total. The fraction of sp³-hybridized carbons (Fsp3) is 0.556. The molecule has 1 atom stereocenters. The van der Waals surface area contributed by atoms with E-state index in [1.54, 1.807) is 11.8 Å². The molecule has 78 valence electrons. The third kappa shape index (κ3) is 2.83. The third-order valence-corrected chi connectivity index (χ3v) is 3.54. The lowest BCUT2D eigenvalue weighted by atomic mass is 10.4. The summed E-state index contributed by atoms with van der Waals surface area (Å²) in [5, 5.41) is 10.7. The molecule has 1 heterocycles. The first-order valence-electron chi connectivity index (χ1n) is 4.45. The number of hydrogen-bond donors (Lipinski definition) is 1. The number of rotatable bonds is 4. The van der Waals surface area contributed by atoms with Crippen molar-refractivity contribution in [2.45, 2.75) is 37.2 Å². The van der Waals surface area contributed by atoms with E-state index in [2.05, 4.69) is 23.8 Å². The van der Waals surface area contributed by atoms with E-state index in [0.717, 1.165) is 11.4 Å². The van der Waals surface area contributed by atoms with Gasteiger partial charge in [0.25, 0.3) is 0 Å². The molecule has 1 aromatic rings. The zero-order valence-corrected chi connectivity index (χ0v) is 9.77. The molecule has 1 unspecified atom stereocenters. The van der Waals surface area contributed by atoms with Gasteiger partial charge in [-0.2, -0.15) is 0 Å². The van der Waals surface area contributed by atoms with Gasteiger partial charge in [0, 0.05) is 10.8 Å². The van der Waals surface area contributed by atoms with Crippen LogP contribution in [0.2, 0.25) is 5.15 Å². The largest absolute Gasteiger partial charge is 0.391 e. The van der Waals surface area contributed by atoms with E-state index in [0.29, 0.717) is 16.0 Å². The highest BCUT2D eigenvalue weighted by atomic mass is 35.5. The maximum atomic E-state index is 9.11. The molecule has 1 rings (SSSR count). The summed E-state index contributed by atoms with van der Waals surface area (Å²) in [7, 11) is 0. The summed E-state index contributed by atoms with van der Waals surface area (Å²) >= 11 is 7.45. The minimum absolute atomic E-state index is 0.113. The highest BCUT2D eigenvalue weighted by Gasteiger charge is 2.11. The predicted octanol–water partition coefficient (Wildman–Crippen LogP) is 2.51. The average Bonchev–Trinajstić information content (AvgIpc) is 2.18. The van der Waals surface area contributed by atoms with Crippen molar-refractivity contribution in [1.82, 2.24) is 9.97 Å². The number of nitrogens with zero attached hydrogens (tertiary/aromatic N) is 2. The van der Waals surface area contributed by atoms with Crippen LogP contribution in [0.3, 0.4) is 0 Å². The van der Waals surface area contributed by atoms with E-state index in [1.165, 1.54) is 6.33 Å². The smallest absolute Gasteiger partial charge is 0.139 e. The molecular weight excluding hydrogens is 220 g/mol. The lowest BCUT2D eigenvalue weighted by Crippen LogP contribution is -1.99. The Kier molecular flexibility index (Phi) is 4.65. The Morgan fingerprint density at radius 3 is 2.86 bits per heavy atom. The molecule has 0 radical (unpaired) electrons. The molecule has 1 aromatic heterocycles. The van der Waals surface area contributed by atoms with Crippen LogP contribution in [-0.2, 0) is 6.61 Å². The first-order chi connectivity index (χ1) is 6.69. The van der Waals surface area contributed by atoms with Crippen LogP contribution in [0.1, 0.15) is 25.8 Å². The summed E-state index contributed by atoms with van der Waals surface area (Å²) < 4.78 is 0. The van der Waals surface area contributed by atoms with E-state index >= 15 is 0 Å². The van der Waals surface area contributed by atoms with Crippen molar-refractivity contribution in [2.75, 3.05) is 0 Å². The van der Waals surface area contributed by atoms with E-state index in [1.807, 2.05) is 0 Å². The first kappa shape index (κ1) is 11.8. The molecule has 0 aliphatic carbocycles. The molecule has 14 heavy (non-hydrogen) atoms. The van der Waals surface area contributed by atoms with E-state index in [-0.39, 0.29) is 6.61 Å². The number of thioether (sulfide) groups is 1. The number of hydrogen-bond acceptors (Lipinski definition) is 4. The van der Waals surface area contributed by atoms with Gasteiger partial charge in [0.2, 0.25) is 0 Å². The molecule has 0 aliphatic heterocycles. The van der Waals surface area contributed by atoms with Gasteiger partial charge in [-0.1, -0.05) is 25.4 Å². The molecule has 0 aromatic carbocycles. The molecule has 5 heteroatoms. The van der Waals surface area contributed by atoms with Gasteiger partial charge < -0.3 is 5.11 Å². The summed E-state index contributed by atoms with van der Waals surface area (Å²) in [6.45, 7) is 4.11. The van der Waals surface area contributed by atoms with E-state index in [9.17, 15) is 0 Å². The Balaban J connectivity index is 2.90. The van der Waals surface area contributed by atoms with Crippen molar-refractivity contribution in [3.8, 4) is 0 Å². The second-order valence-corrected chi connectivity index (χ2v) is 4.73. The van der Waals surface area contributed by atoms with Crippen molar-refractivity contribution in [3.05, 3.63) is 17.0 Å². The predicted molar refractivity (Wildman–Crippen MR) is 58.6 cm³/mol. The van der Waals surface area contributed by atoms with Gasteiger partial charge in [-0.05, 0) is 6.42 Å². The summed E-state index contributed by atoms with van der Waals surface area (Å²) in [5.41, 5.74) is 0.625.